The fourth-order valence-corrected chi connectivity index (χ4v) is 1.55. The first kappa shape index (κ1) is 19.7. The Morgan fingerprint density at radius 1 is 1.38 bits per heavy atom. The van der Waals surface area contributed by atoms with Gasteiger partial charge in [0.05, 0.1) is 12.1 Å². The Balaban J connectivity index is 0.00000400. The predicted octanol–water partition coefficient (Wildman–Crippen LogP) is 2.50. The number of rotatable bonds is 5. The quantitative estimate of drug-likeness (QED) is 0.876. The van der Waals surface area contributed by atoms with Crippen LogP contribution in [0.3, 0.4) is 0 Å². The van der Waals surface area contributed by atoms with Crippen molar-refractivity contribution in [3.05, 3.63) is 30.1 Å². The van der Waals surface area contributed by atoms with Gasteiger partial charge in [0.25, 0.3) is 0 Å². The van der Waals surface area contributed by atoms with Gasteiger partial charge in [-0.2, -0.15) is 0 Å². The van der Waals surface area contributed by atoms with Crippen molar-refractivity contribution in [1.29, 1.82) is 0 Å². The van der Waals surface area contributed by atoms with E-state index in [0.717, 1.165) is 0 Å². The number of carbonyl (C=O) groups is 1. The monoisotopic (exact) mass is 318 g/mol. The Kier molecular flexibility index (Phi) is 7.68. The Labute approximate surface area is 131 Å². The first-order chi connectivity index (χ1) is 9.21. The largest absolute Gasteiger partial charge is 0.488 e. The molecule has 1 aromatic rings. The van der Waals surface area contributed by atoms with E-state index in [4.69, 9.17) is 10.5 Å². The fraction of sp³-hybridized carbons (Fsp3) is 0.533. The number of amides is 1. The lowest BCUT2D eigenvalue weighted by Crippen LogP contribution is -2.51. The average molecular weight is 319 g/mol. The molecule has 0 fully saturated rings. The summed E-state index contributed by atoms with van der Waals surface area (Å²) in [5.41, 5.74) is 5.32. The molecule has 0 aliphatic heterocycles. The number of halogens is 2. The van der Waals surface area contributed by atoms with E-state index in [-0.39, 0.29) is 42.1 Å². The van der Waals surface area contributed by atoms with Gasteiger partial charge >= 0.3 is 0 Å². The molecule has 0 aliphatic rings. The van der Waals surface area contributed by atoms with E-state index in [1.807, 2.05) is 20.8 Å². The van der Waals surface area contributed by atoms with Crippen LogP contribution in [0.15, 0.2) is 24.3 Å². The van der Waals surface area contributed by atoms with Gasteiger partial charge in [-0.25, -0.2) is 4.39 Å². The molecule has 6 heteroatoms. The first-order valence-corrected chi connectivity index (χ1v) is 6.65. The highest BCUT2D eigenvalue weighted by Crippen LogP contribution is 2.22. The molecule has 0 saturated carbocycles. The number of nitrogens with two attached hydrogens (primary N) is 1. The van der Waals surface area contributed by atoms with Crippen molar-refractivity contribution in [2.24, 2.45) is 11.1 Å². The molecule has 1 amide bonds. The summed E-state index contributed by atoms with van der Waals surface area (Å²) < 4.78 is 19.0. The van der Waals surface area contributed by atoms with Crippen molar-refractivity contribution in [2.75, 3.05) is 6.61 Å². The van der Waals surface area contributed by atoms with Gasteiger partial charge in [0.2, 0.25) is 5.91 Å². The Morgan fingerprint density at radius 2 is 1.95 bits per heavy atom. The summed E-state index contributed by atoms with van der Waals surface area (Å²) in [4.78, 5) is 11.7. The van der Waals surface area contributed by atoms with E-state index in [0.29, 0.717) is 0 Å². The summed E-state index contributed by atoms with van der Waals surface area (Å²) in [5.74, 6) is -0.488. The van der Waals surface area contributed by atoms with Crippen LogP contribution in [0.1, 0.15) is 27.7 Å². The zero-order valence-corrected chi connectivity index (χ0v) is 13.7. The maximum atomic E-state index is 13.5. The van der Waals surface area contributed by atoms with Crippen LogP contribution in [0.4, 0.5) is 4.39 Å². The number of ether oxygens (including phenoxy) is 1. The zero-order valence-electron chi connectivity index (χ0n) is 12.9. The molecule has 120 valence electrons. The van der Waals surface area contributed by atoms with Crippen LogP contribution in [0.2, 0.25) is 0 Å². The standard InChI is InChI=1S/C15H23FN2O2.ClH/c1-10(17)14(19)18-13(15(2,3)4)9-20-12-8-6-5-7-11(12)16;/h5-8,10,13H,9,17H2,1-4H3,(H,18,19);1H/t10-,13?;/m1./s1. The van der Waals surface area contributed by atoms with Crippen molar-refractivity contribution in [3.8, 4) is 5.75 Å². The topological polar surface area (TPSA) is 64.4 Å². The SMILES string of the molecule is C[C@@H](N)C(=O)NC(COc1ccccc1F)C(C)(C)C.Cl. The van der Waals surface area contributed by atoms with E-state index in [1.54, 1.807) is 25.1 Å². The lowest BCUT2D eigenvalue weighted by molar-refractivity contribution is -0.123. The summed E-state index contributed by atoms with van der Waals surface area (Å²) in [7, 11) is 0. The van der Waals surface area contributed by atoms with Gasteiger partial charge < -0.3 is 15.8 Å². The highest BCUT2D eigenvalue weighted by Gasteiger charge is 2.28. The second kappa shape index (κ2) is 8.20. The summed E-state index contributed by atoms with van der Waals surface area (Å²) in [5, 5.41) is 2.83. The number of benzene rings is 1. The van der Waals surface area contributed by atoms with Crippen molar-refractivity contribution in [1.82, 2.24) is 5.32 Å². The van der Waals surface area contributed by atoms with Crippen molar-refractivity contribution in [3.63, 3.8) is 0 Å². The number of hydrogen-bond acceptors (Lipinski definition) is 3. The fourth-order valence-electron chi connectivity index (χ4n) is 1.55. The minimum Gasteiger partial charge on any atom is -0.488 e. The van der Waals surface area contributed by atoms with Crippen LogP contribution >= 0.6 is 12.4 Å². The minimum atomic E-state index is -0.590. The van der Waals surface area contributed by atoms with E-state index in [1.165, 1.54) is 6.07 Å². The van der Waals surface area contributed by atoms with E-state index in [9.17, 15) is 9.18 Å². The second-order valence-corrected chi connectivity index (χ2v) is 5.96. The van der Waals surface area contributed by atoms with Gasteiger partial charge in [-0.1, -0.05) is 32.9 Å². The van der Waals surface area contributed by atoms with E-state index < -0.39 is 11.9 Å². The second-order valence-electron chi connectivity index (χ2n) is 5.96. The van der Waals surface area contributed by atoms with Crippen molar-refractivity contribution < 1.29 is 13.9 Å². The lowest BCUT2D eigenvalue weighted by atomic mass is 9.87. The Hall–Kier alpha value is -1.33. The molecule has 0 saturated heterocycles. The molecule has 4 nitrogen and oxygen atoms in total. The van der Waals surface area contributed by atoms with E-state index >= 15 is 0 Å². The van der Waals surface area contributed by atoms with Crippen molar-refractivity contribution >= 4 is 18.3 Å². The molecule has 0 heterocycles. The third kappa shape index (κ3) is 6.31. The summed E-state index contributed by atoms with van der Waals surface area (Å²) in [6.07, 6.45) is 0. The van der Waals surface area contributed by atoms with Crippen LogP contribution in [-0.4, -0.2) is 24.6 Å². The summed E-state index contributed by atoms with van der Waals surface area (Å²) in [6, 6.07) is 5.34. The average Bonchev–Trinajstić information content (AvgIpc) is 2.34. The van der Waals surface area contributed by atoms with Gasteiger partial charge in [-0.05, 0) is 24.5 Å². The molecule has 0 aliphatic carbocycles. The number of carbonyl (C=O) groups excluding carboxylic acids is 1. The smallest absolute Gasteiger partial charge is 0.236 e. The molecule has 1 aromatic carbocycles. The van der Waals surface area contributed by atoms with E-state index in [2.05, 4.69) is 5.32 Å². The third-order valence-electron chi connectivity index (χ3n) is 3.02. The highest BCUT2D eigenvalue weighted by molar-refractivity contribution is 5.85. The molecular formula is C15H24ClFN2O2. The molecule has 0 spiro atoms. The molecule has 0 radical (unpaired) electrons. The van der Waals surface area contributed by atoms with Gasteiger partial charge in [0, 0.05) is 0 Å². The molecule has 1 unspecified atom stereocenters. The van der Waals surface area contributed by atoms with Gasteiger partial charge in [0.15, 0.2) is 11.6 Å². The number of hydrogen-bond donors (Lipinski definition) is 2. The maximum Gasteiger partial charge on any atom is 0.236 e. The van der Waals surface area contributed by atoms with Crippen LogP contribution in [0, 0.1) is 11.2 Å². The van der Waals surface area contributed by atoms with Crippen LogP contribution in [0.5, 0.6) is 5.75 Å². The van der Waals surface area contributed by atoms with Crippen LogP contribution in [0.25, 0.3) is 0 Å². The molecular weight excluding hydrogens is 295 g/mol. The van der Waals surface area contributed by atoms with Crippen molar-refractivity contribution in [2.45, 2.75) is 39.8 Å². The predicted molar refractivity (Wildman–Crippen MR) is 84.2 cm³/mol. The Bertz CT molecular complexity index is 461. The third-order valence-corrected chi connectivity index (χ3v) is 3.02. The summed E-state index contributed by atoms with van der Waals surface area (Å²) >= 11 is 0. The van der Waals surface area contributed by atoms with Gasteiger partial charge in [-0.3, -0.25) is 4.79 Å². The highest BCUT2D eigenvalue weighted by atomic mass is 35.5. The number of para-hydroxylation sites is 1. The Morgan fingerprint density at radius 3 is 2.43 bits per heavy atom. The number of nitrogens with one attached hydrogen (secondary N) is 1. The van der Waals surface area contributed by atoms with Gasteiger partial charge in [-0.15, -0.1) is 12.4 Å². The molecule has 1 rings (SSSR count). The van der Waals surface area contributed by atoms with Gasteiger partial charge in [0.1, 0.15) is 6.61 Å². The molecule has 21 heavy (non-hydrogen) atoms. The molecule has 3 N–H and O–H groups in total. The minimum absolute atomic E-state index is 0. The lowest BCUT2D eigenvalue weighted by Gasteiger charge is -2.32. The first-order valence-electron chi connectivity index (χ1n) is 6.65. The summed E-state index contributed by atoms with van der Waals surface area (Å²) in [6.45, 7) is 7.73. The maximum absolute atomic E-state index is 13.5. The normalized spacial score (nSPS) is 13.8. The molecule has 0 aromatic heterocycles. The molecule has 2 atom stereocenters. The van der Waals surface area contributed by atoms with Crippen LogP contribution in [-0.2, 0) is 4.79 Å². The van der Waals surface area contributed by atoms with Crippen LogP contribution < -0.4 is 15.8 Å². The zero-order chi connectivity index (χ0) is 15.3. The molecule has 0 bridgehead atoms.